The van der Waals surface area contributed by atoms with E-state index in [1.54, 1.807) is 18.2 Å². The maximum Gasteiger partial charge on any atom is 0.342 e. The predicted molar refractivity (Wildman–Crippen MR) is 64.4 cm³/mol. The third-order valence-corrected chi connectivity index (χ3v) is 2.45. The smallest absolute Gasteiger partial charge is 0.342 e. The van der Waals surface area contributed by atoms with Gasteiger partial charge in [-0.05, 0) is 24.6 Å². The van der Waals surface area contributed by atoms with Crippen LogP contribution in [-0.4, -0.2) is 20.6 Å². The largest absolute Gasteiger partial charge is 0.477 e. The van der Waals surface area contributed by atoms with Gasteiger partial charge in [0.1, 0.15) is 5.56 Å². The summed E-state index contributed by atoms with van der Waals surface area (Å²) in [6.07, 6.45) is 1.03. The van der Waals surface area contributed by atoms with Gasteiger partial charge in [0.25, 0.3) is 5.56 Å². The number of aromatic amines is 1. The molecule has 0 aliphatic rings. The number of H-pyrrole nitrogens is 1. The minimum atomic E-state index is -1.38. The molecular weight excluding hydrogens is 236 g/mol. The zero-order valence-electron chi connectivity index (χ0n) is 9.51. The summed E-state index contributed by atoms with van der Waals surface area (Å²) in [5, 5.41) is 8.85. The number of hydrogen-bond donors (Lipinski definition) is 2. The van der Waals surface area contributed by atoms with Crippen LogP contribution in [0.25, 0.3) is 5.69 Å². The summed E-state index contributed by atoms with van der Waals surface area (Å²) < 4.78 is 1.10. The molecule has 2 aromatic rings. The quantitative estimate of drug-likeness (QED) is 0.808. The van der Waals surface area contributed by atoms with E-state index in [0.717, 1.165) is 16.3 Å². The topological polar surface area (TPSA) is 92.2 Å². The number of rotatable bonds is 2. The van der Waals surface area contributed by atoms with Crippen LogP contribution in [-0.2, 0) is 0 Å². The van der Waals surface area contributed by atoms with E-state index in [9.17, 15) is 14.4 Å². The van der Waals surface area contributed by atoms with E-state index < -0.39 is 22.8 Å². The first-order chi connectivity index (χ1) is 8.49. The van der Waals surface area contributed by atoms with E-state index in [2.05, 4.69) is 0 Å². The Balaban J connectivity index is 2.72. The van der Waals surface area contributed by atoms with Crippen LogP contribution in [0.2, 0.25) is 0 Å². The molecule has 6 heteroatoms. The van der Waals surface area contributed by atoms with Gasteiger partial charge in [-0.25, -0.2) is 9.59 Å². The molecule has 0 amide bonds. The normalized spacial score (nSPS) is 10.3. The summed E-state index contributed by atoms with van der Waals surface area (Å²) in [6.45, 7) is 1.85. The van der Waals surface area contributed by atoms with E-state index in [4.69, 9.17) is 5.11 Å². The van der Waals surface area contributed by atoms with Crippen molar-refractivity contribution in [2.24, 2.45) is 0 Å². The summed E-state index contributed by atoms with van der Waals surface area (Å²) in [5.74, 6) is -1.38. The third-order valence-electron chi connectivity index (χ3n) is 2.45. The molecule has 0 unspecified atom stereocenters. The molecule has 2 rings (SSSR count). The maximum absolute atomic E-state index is 11.6. The minimum Gasteiger partial charge on any atom is -0.477 e. The van der Waals surface area contributed by atoms with Crippen molar-refractivity contribution in [2.45, 2.75) is 6.92 Å². The number of carboxylic acids is 1. The molecule has 0 saturated heterocycles. The lowest BCUT2D eigenvalue weighted by atomic mass is 10.2. The Morgan fingerprint density at radius 1 is 1.33 bits per heavy atom. The fraction of sp³-hybridized carbons (Fsp3) is 0.0833. The highest BCUT2D eigenvalue weighted by Gasteiger charge is 2.12. The van der Waals surface area contributed by atoms with Crippen molar-refractivity contribution in [3.05, 3.63) is 62.4 Å². The molecule has 0 radical (unpaired) electrons. The summed E-state index contributed by atoms with van der Waals surface area (Å²) >= 11 is 0. The van der Waals surface area contributed by atoms with Crippen molar-refractivity contribution in [3.8, 4) is 5.69 Å². The van der Waals surface area contributed by atoms with Gasteiger partial charge in [-0.3, -0.25) is 14.3 Å². The number of carboxylic acid groups (broad SMARTS) is 1. The number of nitrogens with zero attached hydrogens (tertiary/aromatic N) is 1. The van der Waals surface area contributed by atoms with Gasteiger partial charge in [-0.1, -0.05) is 12.1 Å². The Morgan fingerprint density at radius 3 is 2.67 bits per heavy atom. The average molecular weight is 246 g/mol. The van der Waals surface area contributed by atoms with E-state index in [1.807, 2.05) is 18.0 Å². The molecule has 0 aliphatic heterocycles. The van der Waals surface area contributed by atoms with Gasteiger partial charge in [0.05, 0.1) is 5.69 Å². The van der Waals surface area contributed by atoms with Crippen LogP contribution >= 0.6 is 0 Å². The Hall–Kier alpha value is -2.63. The van der Waals surface area contributed by atoms with Gasteiger partial charge in [0, 0.05) is 6.20 Å². The molecule has 92 valence electrons. The fourth-order valence-electron chi connectivity index (χ4n) is 1.59. The highest BCUT2D eigenvalue weighted by Crippen LogP contribution is 2.07. The van der Waals surface area contributed by atoms with Crippen molar-refractivity contribution in [1.82, 2.24) is 9.55 Å². The van der Waals surface area contributed by atoms with Crippen LogP contribution in [0.1, 0.15) is 15.9 Å². The molecule has 0 fully saturated rings. The number of aromatic nitrogens is 2. The highest BCUT2D eigenvalue weighted by molar-refractivity contribution is 5.86. The van der Waals surface area contributed by atoms with Crippen molar-refractivity contribution in [2.75, 3.05) is 0 Å². The summed E-state index contributed by atoms with van der Waals surface area (Å²) in [7, 11) is 0. The second kappa shape index (κ2) is 4.33. The maximum atomic E-state index is 11.6. The predicted octanol–water partition coefficient (Wildman–Crippen LogP) is 0.532. The summed E-state index contributed by atoms with van der Waals surface area (Å²) in [4.78, 5) is 35.7. The van der Waals surface area contributed by atoms with Crippen molar-refractivity contribution in [1.29, 1.82) is 0 Å². The number of aryl methyl sites for hydroxylation is 1. The van der Waals surface area contributed by atoms with Crippen LogP contribution in [0, 0.1) is 6.92 Å². The van der Waals surface area contributed by atoms with Gasteiger partial charge >= 0.3 is 11.7 Å². The molecular formula is C12H10N2O4. The second-order valence-corrected chi connectivity index (χ2v) is 3.82. The van der Waals surface area contributed by atoms with E-state index in [1.165, 1.54) is 0 Å². The molecule has 1 aromatic heterocycles. The number of nitrogens with one attached hydrogen (secondary N) is 1. The number of benzene rings is 1. The van der Waals surface area contributed by atoms with Gasteiger partial charge in [0.2, 0.25) is 0 Å². The first kappa shape index (κ1) is 11.8. The summed E-state index contributed by atoms with van der Waals surface area (Å²) in [5.41, 5.74) is -0.635. The van der Waals surface area contributed by atoms with Crippen LogP contribution in [0.3, 0.4) is 0 Å². The second-order valence-electron chi connectivity index (χ2n) is 3.82. The SMILES string of the molecule is Cc1cccc(-n2cc(C(=O)O)c(=O)[nH]c2=O)c1. The molecule has 0 atom stereocenters. The molecule has 0 aliphatic carbocycles. The molecule has 2 N–H and O–H groups in total. The Bertz CT molecular complexity index is 727. The average Bonchev–Trinajstić information content (AvgIpc) is 2.28. The van der Waals surface area contributed by atoms with Crippen molar-refractivity contribution in [3.63, 3.8) is 0 Å². The minimum absolute atomic E-state index is 0.476. The zero-order valence-corrected chi connectivity index (χ0v) is 9.51. The Kier molecular flexibility index (Phi) is 2.85. The number of carbonyl (C=O) groups is 1. The Labute approximate surface area is 101 Å². The first-order valence-electron chi connectivity index (χ1n) is 5.15. The lowest BCUT2D eigenvalue weighted by Crippen LogP contribution is -2.32. The number of aromatic carboxylic acids is 1. The van der Waals surface area contributed by atoms with Crippen LogP contribution < -0.4 is 11.2 Å². The molecule has 18 heavy (non-hydrogen) atoms. The van der Waals surface area contributed by atoms with Crippen LogP contribution in [0.4, 0.5) is 0 Å². The lowest BCUT2D eigenvalue weighted by molar-refractivity contribution is 0.0694. The standard InChI is InChI=1S/C12H10N2O4/c1-7-3-2-4-8(5-7)14-6-9(11(16)17)10(15)13-12(14)18/h2-6H,1H3,(H,16,17)(H,13,15,18). The van der Waals surface area contributed by atoms with E-state index in [-0.39, 0.29) is 0 Å². The van der Waals surface area contributed by atoms with Crippen molar-refractivity contribution >= 4 is 5.97 Å². The number of hydrogen-bond acceptors (Lipinski definition) is 3. The van der Waals surface area contributed by atoms with E-state index >= 15 is 0 Å². The lowest BCUT2D eigenvalue weighted by Gasteiger charge is -2.06. The van der Waals surface area contributed by atoms with Gasteiger partial charge in [0.15, 0.2) is 0 Å². The monoisotopic (exact) mass is 246 g/mol. The fourth-order valence-corrected chi connectivity index (χ4v) is 1.59. The highest BCUT2D eigenvalue weighted by atomic mass is 16.4. The molecule has 1 heterocycles. The van der Waals surface area contributed by atoms with Gasteiger partial charge in [-0.15, -0.1) is 0 Å². The van der Waals surface area contributed by atoms with Gasteiger partial charge < -0.3 is 5.11 Å². The van der Waals surface area contributed by atoms with E-state index in [0.29, 0.717) is 5.69 Å². The Morgan fingerprint density at radius 2 is 2.06 bits per heavy atom. The third kappa shape index (κ3) is 2.08. The van der Waals surface area contributed by atoms with Crippen LogP contribution in [0.5, 0.6) is 0 Å². The summed E-state index contributed by atoms with van der Waals surface area (Å²) in [6, 6.07) is 6.95. The van der Waals surface area contributed by atoms with Gasteiger partial charge in [-0.2, -0.15) is 0 Å². The van der Waals surface area contributed by atoms with Crippen LogP contribution in [0.15, 0.2) is 40.1 Å². The molecule has 0 bridgehead atoms. The van der Waals surface area contributed by atoms with Crippen molar-refractivity contribution < 1.29 is 9.90 Å². The first-order valence-corrected chi connectivity index (χ1v) is 5.15. The molecule has 0 spiro atoms. The molecule has 6 nitrogen and oxygen atoms in total. The molecule has 1 aromatic carbocycles. The molecule has 0 saturated carbocycles. The zero-order chi connectivity index (χ0) is 13.3.